The van der Waals surface area contributed by atoms with Crippen LogP contribution in [0.5, 0.6) is 0 Å². The molecule has 3 heterocycles. The van der Waals surface area contributed by atoms with E-state index in [0.717, 1.165) is 21.8 Å². The molecule has 1 aliphatic rings. The van der Waals surface area contributed by atoms with Crippen LogP contribution in [0, 0.1) is 0 Å². The Hall–Kier alpha value is -2.84. The van der Waals surface area contributed by atoms with Gasteiger partial charge in [-0.15, -0.1) is 0 Å². The van der Waals surface area contributed by atoms with Gasteiger partial charge in [0.2, 0.25) is 0 Å². The third-order valence-corrected chi connectivity index (χ3v) is 6.93. The van der Waals surface area contributed by atoms with Gasteiger partial charge in [0.25, 0.3) is 0 Å². The highest BCUT2D eigenvalue weighted by atomic mass is 32.1. The van der Waals surface area contributed by atoms with Crippen molar-refractivity contribution in [3.05, 3.63) is 47.9 Å². The maximum atomic E-state index is 12.3. The highest BCUT2D eigenvalue weighted by Crippen LogP contribution is 2.30. The molecule has 1 aromatic carbocycles. The lowest BCUT2D eigenvalue weighted by molar-refractivity contribution is 0.0957. The Morgan fingerprint density at radius 2 is 2.00 bits per heavy atom. The largest absolute Gasteiger partial charge is 0.359 e. The number of ketones is 1. The molecule has 1 saturated carbocycles. The van der Waals surface area contributed by atoms with Crippen LogP contribution in [0.25, 0.3) is 21.4 Å². The van der Waals surface area contributed by atoms with E-state index in [1.807, 2.05) is 29.6 Å². The Kier molecular flexibility index (Phi) is 5.89. The first-order chi connectivity index (χ1) is 15.5. The molecule has 0 atom stereocenters. The van der Waals surface area contributed by atoms with Gasteiger partial charge in [0, 0.05) is 17.8 Å². The summed E-state index contributed by atoms with van der Waals surface area (Å²) < 4.78 is 3.22. The first-order valence-corrected chi connectivity index (χ1v) is 12.0. The van der Waals surface area contributed by atoms with Gasteiger partial charge in [0.15, 0.2) is 16.6 Å². The number of carbonyl (C=O) groups is 1. The maximum absolute atomic E-state index is 12.3. The van der Waals surface area contributed by atoms with E-state index in [-0.39, 0.29) is 5.78 Å². The van der Waals surface area contributed by atoms with Crippen LogP contribution in [0.1, 0.15) is 48.0 Å². The second kappa shape index (κ2) is 8.96. The van der Waals surface area contributed by atoms with Crippen LogP contribution in [0.15, 0.2) is 36.8 Å². The average molecular weight is 449 g/mol. The SMILES string of the molecule is CN(C)CC(=O)c1cnc2c(c1)ncn2Cc1ccc2nc(NC3CCCCC3)sc2c1. The molecule has 166 valence electrons. The molecule has 32 heavy (non-hydrogen) atoms. The fraction of sp³-hybridized carbons (Fsp3) is 0.417. The van der Waals surface area contributed by atoms with Gasteiger partial charge in [-0.05, 0) is 50.7 Å². The summed E-state index contributed by atoms with van der Waals surface area (Å²) in [5.74, 6) is 0.0484. The summed E-state index contributed by atoms with van der Waals surface area (Å²) >= 11 is 1.73. The van der Waals surface area contributed by atoms with Gasteiger partial charge >= 0.3 is 0 Å². The van der Waals surface area contributed by atoms with E-state index in [4.69, 9.17) is 4.98 Å². The molecule has 0 radical (unpaired) electrons. The number of pyridine rings is 1. The molecule has 1 N–H and O–H groups in total. The first-order valence-electron chi connectivity index (χ1n) is 11.2. The minimum atomic E-state index is 0.0484. The van der Waals surface area contributed by atoms with E-state index < -0.39 is 0 Å². The number of Topliss-reactive ketones (excluding diaryl/α,β-unsaturated/α-hetero) is 1. The van der Waals surface area contributed by atoms with E-state index in [0.29, 0.717) is 24.7 Å². The summed E-state index contributed by atoms with van der Waals surface area (Å²) in [5.41, 5.74) is 4.34. The third-order valence-electron chi connectivity index (χ3n) is 5.98. The standard InChI is InChI=1S/C24H28N6OS/c1-29(2)14-21(31)17-11-20-23(25-12-17)30(15-26-20)13-16-8-9-19-22(10-16)32-24(28-19)27-18-6-4-3-5-7-18/h8-12,15,18H,3-7,13-14H2,1-2H3,(H,27,28). The van der Waals surface area contributed by atoms with Crippen molar-refractivity contribution in [2.75, 3.05) is 26.0 Å². The van der Waals surface area contributed by atoms with Crippen molar-refractivity contribution in [3.63, 3.8) is 0 Å². The number of hydrogen-bond acceptors (Lipinski definition) is 7. The third kappa shape index (κ3) is 4.52. The second-order valence-electron chi connectivity index (χ2n) is 8.90. The number of benzene rings is 1. The fourth-order valence-electron chi connectivity index (χ4n) is 4.34. The molecule has 0 aliphatic heterocycles. The molecular weight excluding hydrogens is 420 g/mol. The van der Waals surface area contributed by atoms with E-state index >= 15 is 0 Å². The smallest absolute Gasteiger partial charge is 0.184 e. The number of fused-ring (bicyclic) bond motifs is 2. The topological polar surface area (TPSA) is 75.9 Å². The van der Waals surface area contributed by atoms with Gasteiger partial charge in [-0.1, -0.05) is 36.7 Å². The molecule has 3 aromatic heterocycles. The summed E-state index contributed by atoms with van der Waals surface area (Å²) in [6.45, 7) is 1.04. The van der Waals surface area contributed by atoms with Crippen LogP contribution in [0.3, 0.4) is 0 Å². The van der Waals surface area contributed by atoms with Gasteiger partial charge in [-0.3, -0.25) is 4.79 Å². The number of rotatable bonds is 7. The monoisotopic (exact) mass is 448 g/mol. The van der Waals surface area contributed by atoms with Gasteiger partial charge in [-0.25, -0.2) is 15.0 Å². The van der Waals surface area contributed by atoms with Gasteiger partial charge in [-0.2, -0.15) is 0 Å². The van der Waals surface area contributed by atoms with Gasteiger partial charge in [0.1, 0.15) is 5.52 Å². The average Bonchev–Trinajstić information content (AvgIpc) is 3.36. The van der Waals surface area contributed by atoms with E-state index in [1.165, 1.54) is 42.4 Å². The van der Waals surface area contributed by atoms with Crippen molar-refractivity contribution in [1.29, 1.82) is 0 Å². The number of carbonyl (C=O) groups excluding carboxylic acids is 1. The Labute approximate surface area is 191 Å². The van der Waals surface area contributed by atoms with Crippen molar-refractivity contribution in [2.24, 2.45) is 0 Å². The number of hydrogen-bond donors (Lipinski definition) is 1. The molecule has 5 rings (SSSR count). The quantitative estimate of drug-likeness (QED) is 0.417. The van der Waals surface area contributed by atoms with Crippen LogP contribution in [-0.2, 0) is 6.54 Å². The lowest BCUT2D eigenvalue weighted by Crippen LogP contribution is -2.21. The lowest BCUT2D eigenvalue weighted by atomic mass is 9.96. The van der Waals surface area contributed by atoms with Gasteiger partial charge < -0.3 is 14.8 Å². The Morgan fingerprint density at radius 3 is 2.81 bits per heavy atom. The number of nitrogens with one attached hydrogen (secondary N) is 1. The molecule has 1 fully saturated rings. The zero-order valence-corrected chi connectivity index (χ0v) is 19.4. The van der Waals surface area contributed by atoms with Crippen molar-refractivity contribution < 1.29 is 4.79 Å². The number of likely N-dealkylation sites (N-methyl/N-ethyl adjacent to an activating group) is 1. The summed E-state index contributed by atoms with van der Waals surface area (Å²) in [6, 6.07) is 8.81. The number of anilines is 1. The molecule has 7 nitrogen and oxygen atoms in total. The molecule has 0 spiro atoms. The fourth-order valence-corrected chi connectivity index (χ4v) is 5.35. The molecule has 8 heteroatoms. The summed E-state index contributed by atoms with van der Waals surface area (Å²) in [5, 5.41) is 4.66. The minimum Gasteiger partial charge on any atom is -0.359 e. The zero-order chi connectivity index (χ0) is 22.1. The Bertz CT molecular complexity index is 1250. The van der Waals surface area contributed by atoms with Gasteiger partial charge in [0.05, 0.1) is 29.6 Å². The molecule has 0 unspecified atom stereocenters. The highest BCUT2D eigenvalue weighted by molar-refractivity contribution is 7.22. The summed E-state index contributed by atoms with van der Waals surface area (Å²) in [7, 11) is 3.76. The van der Waals surface area contributed by atoms with E-state index in [9.17, 15) is 4.79 Å². The molecule has 0 amide bonds. The summed E-state index contributed by atoms with van der Waals surface area (Å²) in [4.78, 5) is 28.0. The van der Waals surface area contributed by atoms with E-state index in [2.05, 4.69) is 33.5 Å². The highest BCUT2D eigenvalue weighted by Gasteiger charge is 2.16. The van der Waals surface area contributed by atoms with Crippen molar-refractivity contribution in [1.82, 2.24) is 24.4 Å². The zero-order valence-electron chi connectivity index (χ0n) is 18.5. The maximum Gasteiger partial charge on any atom is 0.184 e. The minimum absolute atomic E-state index is 0.0484. The molecule has 0 saturated heterocycles. The van der Waals surface area contributed by atoms with Crippen molar-refractivity contribution in [2.45, 2.75) is 44.7 Å². The predicted octanol–water partition coefficient (Wildman–Crippen LogP) is 4.58. The first kappa shape index (κ1) is 21.0. The Morgan fingerprint density at radius 1 is 1.16 bits per heavy atom. The second-order valence-corrected chi connectivity index (χ2v) is 9.93. The van der Waals surface area contributed by atoms with Crippen LogP contribution >= 0.6 is 11.3 Å². The molecule has 4 aromatic rings. The number of nitrogens with zero attached hydrogens (tertiary/aromatic N) is 5. The lowest BCUT2D eigenvalue weighted by Gasteiger charge is -2.22. The van der Waals surface area contributed by atoms with Crippen LogP contribution in [0.4, 0.5) is 5.13 Å². The number of thiazole rings is 1. The van der Waals surface area contributed by atoms with Crippen LogP contribution in [0.2, 0.25) is 0 Å². The van der Waals surface area contributed by atoms with Crippen molar-refractivity contribution >= 4 is 43.6 Å². The number of aromatic nitrogens is 4. The predicted molar refractivity (Wildman–Crippen MR) is 130 cm³/mol. The number of imidazole rings is 1. The Balaban J connectivity index is 1.33. The van der Waals surface area contributed by atoms with Crippen LogP contribution < -0.4 is 5.32 Å². The molecular formula is C24H28N6OS. The molecule has 1 aliphatic carbocycles. The van der Waals surface area contributed by atoms with Crippen LogP contribution in [-0.4, -0.2) is 56.9 Å². The summed E-state index contributed by atoms with van der Waals surface area (Å²) in [6.07, 6.45) is 9.91. The van der Waals surface area contributed by atoms with Crippen molar-refractivity contribution in [3.8, 4) is 0 Å². The molecule has 0 bridgehead atoms. The van der Waals surface area contributed by atoms with E-state index in [1.54, 1.807) is 23.9 Å². The normalized spacial score (nSPS) is 15.1.